The van der Waals surface area contributed by atoms with Crippen molar-refractivity contribution in [2.45, 2.75) is 0 Å². The van der Waals surface area contributed by atoms with E-state index < -0.39 is 17.6 Å². The van der Waals surface area contributed by atoms with E-state index in [-0.39, 0.29) is 21.2 Å². The predicted molar refractivity (Wildman–Crippen MR) is 90.9 cm³/mol. The van der Waals surface area contributed by atoms with Crippen LogP contribution < -0.4 is 20.3 Å². The van der Waals surface area contributed by atoms with E-state index >= 15 is 0 Å². The Morgan fingerprint density at radius 2 is 1.56 bits per heavy atom. The maximum Gasteiger partial charge on any atom is 0.271 e. The number of rotatable bonds is 4. The second kappa shape index (κ2) is 8.04. The van der Waals surface area contributed by atoms with Gasteiger partial charge in [0, 0.05) is 5.56 Å². The molecule has 132 valence electrons. The fraction of sp³-hybridized carbons (Fsp3) is 0.125. The van der Waals surface area contributed by atoms with Crippen molar-refractivity contribution in [1.82, 2.24) is 10.9 Å². The molecule has 0 spiro atoms. The number of hydrogen-bond donors (Lipinski definition) is 2. The maximum atomic E-state index is 13.5. The summed E-state index contributed by atoms with van der Waals surface area (Å²) in [6, 6.07) is 6.44. The highest BCUT2D eigenvalue weighted by Gasteiger charge is 2.16. The first-order chi connectivity index (χ1) is 11.9. The average Bonchev–Trinajstić information content (AvgIpc) is 2.61. The Balaban J connectivity index is 2.09. The van der Waals surface area contributed by atoms with Crippen molar-refractivity contribution in [1.29, 1.82) is 0 Å². The topological polar surface area (TPSA) is 76.7 Å². The van der Waals surface area contributed by atoms with Gasteiger partial charge in [0.05, 0.1) is 29.8 Å². The van der Waals surface area contributed by atoms with Crippen molar-refractivity contribution in [3.05, 3.63) is 57.3 Å². The lowest BCUT2D eigenvalue weighted by Gasteiger charge is -2.11. The minimum atomic E-state index is -0.803. The average molecular weight is 387 g/mol. The first-order valence-corrected chi connectivity index (χ1v) is 7.60. The SMILES string of the molecule is COc1ccc(C(=O)NNC(=O)c2cc(F)c(Cl)cc2Cl)cc1OC. The second-order valence-corrected chi connectivity index (χ2v) is 5.54. The van der Waals surface area contributed by atoms with Gasteiger partial charge in [-0.3, -0.25) is 20.4 Å². The molecule has 0 bridgehead atoms. The fourth-order valence-electron chi connectivity index (χ4n) is 1.93. The lowest BCUT2D eigenvalue weighted by Crippen LogP contribution is -2.41. The molecule has 0 aliphatic rings. The summed E-state index contributed by atoms with van der Waals surface area (Å²) in [5.41, 5.74) is 4.39. The molecule has 6 nitrogen and oxygen atoms in total. The predicted octanol–water partition coefficient (Wildman–Crippen LogP) is 3.22. The molecule has 9 heteroatoms. The molecule has 0 saturated heterocycles. The number of hydrazine groups is 1. The van der Waals surface area contributed by atoms with E-state index in [9.17, 15) is 14.0 Å². The fourth-order valence-corrected chi connectivity index (χ4v) is 2.40. The summed E-state index contributed by atoms with van der Waals surface area (Å²) in [6.07, 6.45) is 0. The number of carbonyl (C=O) groups excluding carboxylic acids is 2. The number of hydrogen-bond acceptors (Lipinski definition) is 4. The van der Waals surface area contributed by atoms with Crippen LogP contribution in [0.3, 0.4) is 0 Å². The first-order valence-electron chi connectivity index (χ1n) is 6.84. The molecule has 0 atom stereocenters. The maximum absolute atomic E-state index is 13.5. The normalized spacial score (nSPS) is 10.1. The van der Waals surface area contributed by atoms with Crippen LogP contribution in [0, 0.1) is 5.82 Å². The summed E-state index contributed by atoms with van der Waals surface area (Å²) >= 11 is 11.4. The minimum Gasteiger partial charge on any atom is -0.493 e. The van der Waals surface area contributed by atoms with E-state index in [1.54, 1.807) is 6.07 Å². The third-order valence-corrected chi connectivity index (χ3v) is 3.79. The smallest absolute Gasteiger partial charge is 0.271 e. The molecule has 0 fully saturated rings. The standard InChI is InChI=1S/C16H13Cl2FN2O4/c1-24-13-4-3-8(5-14(13)25-2)15(22)20-21-16(23)9-6-12(19)11(18)7-10(9)17/h3-7H,1-2H3,(H,20,22)(H,21,23). The van der Waals surface area contributed by atoms with Gasteiger partial charge in [-0.1, -0.05) is 23.2 Å². The molecule has 0 aromatic heterocycles. The van der Waals surface area contributed by atoms with Gasteiger partial charge in [0.15, 0.2) is 11.5 Å². The molecule has 2 rings (SSSR count). The number of nitrogens with one attached hydrogen (secondary N) is 2. The Hall–Kier alpha value is -2.51. The number of amides is 2. The quantitative estimate of drug-likeness (QED) is 0.624. The molecule has 0 aliphatic carbocycles. The lowest BCUT2D eigenvalue weighted by molar-refractivity contribution is 0.0846. The third-order valence-electron chi connectivity index (χ3n) is 3.19. The van der Waals surface area contributed by atoms with Crippen molar-refractivity contribution in [3.63, 3.8) is 0 Å². The zero-order valence-electron chi connectivity index (χ0n) is 13.2. The summed E-state index contributed by atoms with van der Waals surface area (Å²) < 4.78 is 23.6. The molecule has 0 unspecified atom stereocenters. The van der Waals surface area contributed by atoms with Crippen molar-refractivity contribution in [3.8, 4) is 11.5 Å². The molecule has 0 saturated carbocycles. The molecular formula is C16H13Cl2FN2O4. The second-order valence-electron chi connectivity index (χ2n) is 4.72. The van der Waals surface area contributed by atoms with Crippen molar-refractivity contribution < 1.29 is 23.5 Å². The summed E-state index contributed by atoms with van der Waals surface area (Å²) in [4.78, 5) is 24.1. The third kappa shape index (κ3) is 4.32. The van der Waals surface area contributed by atoms with Gasteiger partial charge in [-0.25, -0.2) is 4.39 Å². The Morgan fingerprint density at radius 1 is 0.920 bits per heavy atom. The molecule has 2 aromatic rings. The van der Waals surface area contributed by atoms with Gasteiger partial charge in [0.1, 0.15) is 5.82 Å². The van der Waals surface area contributed by atoms with Gasteiger partial charge in [-0.05, 0) is 30.3 Å². The van der Waals surface area contributed by atoms with Gasteiger partial charge in [0.25, 0.3) is 11.8 Å². The van der Waals surface area contributed by atoms with Crippen LogP contribution in [0.15, 0.2) is 30.3 Å². The van der Waals surface area contributed by atoms with Gasteiger partial charge in [0.2, 0.25) is 0 Å². The number of halogens is 3. The monoisotopic (exact) mass is 386 g/mol. The largest absolute Gasteiger partial charge is 0.493 e. The van der Waals surface area contributed by atoms with Gasteiger partial charge < -0.3 is 9.47 Å². The first kappa shape index (κ1) is 18.8. The summed E-state index contributed by atoms with van der Waals surface area (Å²) in [7, 11) is 2.89. The summed E-state index contributed by atoms with van der Waals surface area (Å²) in [6.45, 7) is 0. The molecule has 2 N–H and O–H groups in total. The van der Waals surface area contributed by atoms with E-state index in [0.29, 0.717) is 11.5 Å². The molecular weight excluding hydrogens is 374 g/mol. The highest BCUT2D eigenvalue weighted by atomic mass is 35.5. The Morgan fingerprint density at radius 3 is 2.20 bits per heavy atom. The Kier molecular flexibility index (Phi) is 6.06. The van der Waals surface area contributed by atoms with Gasteiger partial charge >= 0.3 is 0 Å². The molecule has 2 amide bonds. The van der Waals surface area contributed by atoms with Crippen LogP contribution in [-0.2, 0) is 0 Å². The Labute approximate surface area is 152 Å². The lowest BCUT2D eigenvalue weighted by atomic mass is 10.2. The van der Waals surface area contributed by atoms with E-state index in [4.69, 9.17) is 32.7 Å². The number of methoxy groups -OCH3 is 2. The van der Waals surface area contributed by atoms with E-state index in [1.165, 1.54) is 26.4 Å². The van der Waals surface area contributed by atoms with Crippen LogP contribution >= 0.6 is 23.2 Å². The molecule has 0 heterocycles. The highest BCUT2D eigenvalue weighted by molar-refractivity contribution is 6.36. The van der Waals surface area contributed by atoms with Crippen LogP contribution in [-0.4, -0.2) is 26.0 Å². The molecule has 0 aliphatic heterocycles. The highest BCUT2D eigenvalue weighted by Crippen LogP contribution is 2.27. The van der Waals surface area contributed by atoms with Crippen LogP contribution in [0.25, 0.3) is 0 Å². The number of ether oxygens (including phenoxy) is 2. The van der Waals surface area contributed by atoms with Crippen LogP contribution in [0.4, 0.5) is 4.39 Å². The van der Waals surface area contributed by atoms with Crippen molar-refractivity contribution in [2.75, 3.05) is 14.2 Å². The van der Waals surface area contributed by atoms with Gasteiger partial charge in [-0.2, -0.15) is 0 Å². The molecule has 2 aromatic carbocycles. The number of carbonyl (C=O) groups is 2. The summed E-state index contributed by atoms with van der Waals surface area (Å²) in [5, 5.41) is -0.264. The Bertz CT molecular complexity index is 830. The van der Waals surface area contributed by atoms with Crippen molar-refractivity contribution in [2.24, 2.45) is 0 Å². The van der Waals surface area contributed by atoms with Gasteiger partial charge in [-0.15, -0.1) is 0 Å². The van der Waals surface area contributed by atoms with Crippen LogP contribution in [0.2, 0.25) is 10.0 Å². The zero-order valence-corrected chi connectivity index (χ0v) is 14.7. The van der Waals surface area contributed by atoms with E-state index in [0.717, 1.165) is 12.1 Å². The van der Waals surface area contributed by atoms with Crippen LogP contribution in [0.5, 0.6) is 11.5 Å². The van der Waals surface area contributed by atoms with Crippen molar-refractivity contribution >= 4 is 35.0 Å². The summed E-state index contributed by atoms with van der Waals surface area (Å²) in [5.74, 6) is -1.41. The van der Waals surface area contributed by atoms with E-state index in [1.807, 2.05) is 0 Å². The molecule has 25 heavy (non-hydrogen) atoms. The zero-order chi connectivity index (χ0) is 18.6. The minimum absolute atomic E-state index is 0.0516. The number of benzene rings is 2. The molecule has 0 radical (unpaired) electrons. The van der Waals surface area contributed by atoms with E-state index in [2.05, 4.69) is 10.9 Å². The van der Waals surface area contributed by atoms with Crippen LogP contribution in [0.1, 0.15) is 20.7 Å².